The third-order valence-corrected chi connectivity index (χ3v) is 5.21. The number of amides is 1. The highest BCUT2D eigenvalue weighted by atomic mass is 19.4. The Morgan fingerprint density at radius 2 is 1.73 bits per heavy atom. The molecule has 2 aromatic carbocycles. The van der Waals surface area contributed by atoms with Gasteiger partial charge in [0.05, 0.1) is 16.6 Å². The molecule has 1 saturated heterocycles. The molecule has 0 aliphatic carbocycles. The molecule has 5 nitrogen and oxygen atoms in total. The number of hydrogen-bond acceptors (Lipinski definition) is 3. The minimum atomic E-state index is -4.45. The minimum absolute atomic E-state index is 0.134. The molecule has 1 fully saturated rings. The molecule has 4 rings (SSSR count). The third-order valence-electron chi connectivity index (χ3n) is 5.21. The summed E-state index contributed by atoms with van der Waals surface area (Å²) in [5.41, 5.74) is 0.768. The van der Waals surface area contributed by atoms with Crippen LogP contribution in [0.5, 0.6) is 0 Å². The number of halogens is 3. The molecule has 1 aliphatic rings. The number of likely N-dealkylation sites (N-methyl/N-ethyl adjacent to an activating group) is 1. The number of hydrogen-bond donors (Lipinski definition) is 0. The molecule has 3 aromatic rings. The first-order valence-corrected chi connectivity index (χ1v) is 9.63. The molecule has 1 aliphatic heterocycles. The van der Waals surface area contributed by atoms with Gasteiger partial charge in [-0.05, 0) is 43.5 Å². The summed E-state index contributed by atoms with van der Waals surface area (Å²) in [7, 11) is 2.01. The predicted molar refractivity (Wildman–Crippen MR) is 109 cm³/mol. The van der Waals surface area contributed by atoms with E-state index in [-0.39, 0.29) is 11.4 Å². The Bertz CT molecular complexity index is 1080. The average molecular weight is 414 g/mol. The second-order valence-corrected chi connectivity index (χ2v) is 7.30. The molecule has 0 radical (unpaired) electrons. The van der Waals surface area contributed by atoms with Crippen LogP contribution in [0.25, 0.3) is 22.8 Å². The maximum Gasteiger partial charge on any atom is 0.416 e. The second kappa shape index (κ2) is 7.95. The summed E-state index contributed by atoms with van der Waals surface area (Å²) in [6, 6.07) is 12.7. The van der Waals surface area contributed by atoms with Gasteiger partial charge in [0.15, 0.2) is 0 Å². The van der Waals surface area contributed by atoms with Crippen molar-refractivity contribution in [2.75, 3.05) is 33.2 Å². The number of alkyl halides is 3. The molecular weight excluding hydrogens is 393 g/mol. The number of piperazine rings is 1. The van der Waals surface area contributed by atoms with E-state index in [0.717, 1.165) is 30.9 Å². The van der Waals surface area contributed by atoms with E-state index in [9.17, 15) is 18.0 Å². The van der Waals surface area contributed by atoms with E-state index < -0.39 is 11.7 Å². The second-order valence-electron chi connectivity index (χ2n) is 7.30. The first-order chi connectivity index (χ1) is 14.3. The van der Waals surface area contributed by atoms with Crippen molar-refractivity contribution >= 4 is 23.0 Å². The molecule has 1 amide bonds. The topological polar surface area (TPSA) is 41.4 Å². The number of imidazole rings is 1. The van der Waals surface area contributed by atoms with E-state index in [1.165, 1.54) is 12.1 Å². The summed E-state index contributed by atoms with van der Waals surface area (Å²) in [5.74, 6) is 0.267. The maximum atomic E-state index is 13.1. The number of carbonyl (C=O) groups is 1. The normalized spacial score (nSPS) is 15.9. The molecule has 0 N–H and O–H groups in total. The lowest BCUT2D eigenvalue weighted by Gasteiger charge is -2.31. The molecule has 8 heteroatoms. The van der Waals surface area contributed by atoms with Crippen LogP contribution in [0.2, 0.25) is 0 Å². The highest BCUT2D eigenvalue weighted by Gasteiger charge is 2.31. The summed E-state index contributed by atoms with van der Waals surface area (Å²) in [5, 5.41) is 0. The zero-order valence-electron chi connectivity index (χ0n) is 16.4. The lowest BCUT2D eigenvalue weighted by atomic mass is 10.2. The van der Waals surface area contributed by atoms with E-state index in [2.05, 4.69) is 9.88 Å². The quantitative estimate of drug-likeness (QED) is 0.612. The Kier molecular flexibility index (Phi) is 5.34. The molecule has 1 aromatic heterocycles. The van der Waals surface area contributed by atoms with Crippen molar-refractivity contribution < 1.29 is 18.0 Å². The molecule has 0 spiro atoms. The molecule has 30 heavy (non-hydrogen) atoms. The van der Waals surface area contributed by atoms with Crippen molar-refractivity contribution in [3.63, 3.8) is 0 Å². The van der Waals surface area contributed by atoms with Crippen molar-refractivity contribution in [1.29, 1.82) is 0 Å². The van der Waals surface area contributed by atoms with Crippen molar-refractivity contribution in [3.8, 4) is 5.69 Å². The zero-order valence-corrected chi connectivity index (χ0v) is 16.4. The third kappa shape index (κ3) is 4.09. The fraction of sp³-hybridized carbons (Fsp3) is 0.273. The van der Waals surface area contributed by atoms with Gasteiger partial charge >= 0.3 is 6.18 Å². The van der Waals surface area contributed by atoms with E-state index in [1.54, 1.807) is 15.5 Å². The van der Waals surface area contributed by atoms with Crippen LogP contribution in [-0.2, 0) is 11.0 Å². The number of rotatable bonds is 3. The number of benzene rings is 2. The van der Waals surface area contributed by atoms with Gasteiger partial charge in [0.25, 0.3) is 0 Å². The van der Waals surface area contributed by atoms with Crippen molar-refractivity contribution in [3.05, 3.63) is 66.0 Å². The van der Waals surface area contributed by atoms with Gasteiger partial charge in [-0.1, -0.05) is 18.2 Å². The van der Waals surface area contributed by atoms with E-state index >= 15 is 0 Å². The Labute approximate surface area is 172 Å². The van der Waals surface area contributed by atoms with Gasteiger partial charge in [0.2, 0.25) is 5.91 Å². The first kappa shape index (κ1) is 20.2. The number of nitrogens with zero attached hydrogens (tertiary/aromatic N) is 4. The number of fused-ring (bicyclic) bond motifs is 1. The fourth-order valence-electron chi connectivity index (χ4n) is 3.51. The SMILES string of the molecule is CN1CCN(C(=O)C=Cc2nc3cc(C(F)(F)F)ccc3n2-c2ccccc2)CC1. The molecular formula is C22H21F3N4O. The number of carbonyl (C=O) groups excluding carboxylic acids is 1. The van der Waals surface area contributed by atoms with E-state index in [0.29, 0.717) is 24.4 Å². The average Bonchev–Trinajstić information content (AvgIpc) is 3.10. The van der Waals surface area contributed by atoms with Gasteiger partial charge in [-0.15, -0.1) is 0 Å². The summed E-state index contributed by atoms with van der Waals surface area (Å²) < 4.78 is 41.1. The maximum absolute atomic E-state index is 13.1. The van der Waals surface area contributed by atoms with Gasteiger partial charge < -0.3 is 9.80 Å². The van der Waals surface area contributed by atoms with E-state index in [4.69, 9.17) is 0 Å². The van der Waals surface area contributed by atoms with E-state index in [1.807, 2.05) is 37.4 Å². The highest BCUT2D eigenvalue weighted by Crippen LogP contribution is 2.32. The number of aromatic nitrogens is 2. The Morgan fingerprint density at radius 1 is 1.03 bits per heavy atom. The standard InChI is InChI=1S/C22H21F3N4O/c1-27-11-13-28(14-12-27)21(30)10-9-20-26-18-15-16(22(23,24)25)7-8-19(18)29(20)17-5-3-2-4-6-17/h2-10,15H,11-14H2,1H3. The zero-order chi connectivity index (χ0) is 21.3. The summed E-state index contributed by atoms with van der Waals surface area (Å²) in [6.07, 6.45) is -1.43. The van der Waals surface area contributed by atoms with Crippen LogP contribution < -0.4 is 0 Å². The van der Waals surface area contributed by atoms with Gasteiger partial charge in [0.1, 0.15) is 5.82 Å². The Morgan fingerprint density at radius 3 is 2.40 bits per heavy atom. The largest absolute Gasteiger partial charge is 0.416 e. The first-order valence-electron chi connectivity index (χ1n) is 9.63. The molecule has 0 unspecified atom stereocenters. The Balaban J connectivity index is 1.73. The van der Waals surface area contributed by atoms with Crippen molar-refractivity contribution in [2.24, 2.45) is 0 Å². The molecule has 0 atom stereocenters. The fourth-order valence-corrected chi connectivity index (χ4v) is 3.51. The van der Waals surface area contributed by atoms with Crippen LogP contribution in [0.3, 0.4) is 0 Å². The monoisotopic (exact) mass is 414 g/mol. The van der Waals surface area contributed by atoms with Crippen molar-refractivity contribution in [2.45, 2.75) is 6.18 Å². The predicted octanol–water partition coefficient (Wildman–Crippen LogP) is 3.83. The summed E-state index contributed by atoms with van der Waals surface area (Å²) in [4.78, 5) is 20.9. The molecule has 0 saturated carbocycles. The van der Waals surface area contributed by atoms with Crippen molar-refractivity contribution in [1.82, 2.24) is 19.4 Å². The highest BCUT2D eigenvalue weighted by molar-refractivity contribution is 5.92. The van der Waals surface area contributed by atoms with Gasteiger partial charge in [0, 0.05) is 37.9 Å². The van der Waals surface area contributed by atoms with Crippen LogP contribution in [0.15, 0.2) is 54.6 Å². The minimum Gasteiger partial charge on any atom is -0.337 e. The summed E-state index contributed by atoms with van der Waals surface area (Å²) in [6.45, 7) is 2.90. The number of para-hydroxylation sites is 1. The van der Waals surface area contributed by atoms with Crippen LogP contribution in [0.4, 0.5) is 13.2 Å². The van der Waals surface area contributed by atoms with Crippen LogP contribution in [0.1, 0.15) is 11.4 Å². The van der Waals surface area contributed by atoms with Gasteiger partial charge in [-0.25, -0.2) is 4.98 Å². The van der Waals surface area contributed by atoms with Gasteiger partial charge in [-0.3, -0.25) is 9.36 Å². The summed E-state index contributed by atoms with van der Waals surface area (Å²) >= 11 is 0. The molecule has 156 valence electrons. The smallest absolute Gasteiger partial charge is 0.337 e. The Hall–Kier alpha value is -3.13. The molecule has 0 bridgehead atoms. The van der Waals surface area contributed by atoms with Crippen LogP contribution in [-0.4, -0.2) is 58.5 Å². The van der Waals surface area contributed by atoms with Crippen LogP contribution in [0, 0.1) is 0 Å². The van der Waals surface area contributed by atoms with Crippen LogP contribution >= 0.6 is 0 Å². The molecule has 2 heterocycles. The lowest BCUT2D eigenvalue weighted by molar-refractivity contribution is -0.137. The van der Waals surface area contributed by atoms with Gasteiger partial charge in [-0.2, -0.15) is 13.2 Å². The lowest BCUT2D eigenvalue weighted by Crippen LogP contribution is -2.46.